The Hall–Kier alpha value is -0.426. The van der Waals surface area contributed by atoms with Gasteiger partial charge in [-0.3, -0.25) is 0 Å². The van der Waals surface area contributed by atoms with Crippen molar-refractivity contribution in [2.75, 3.05) is 0 Å². The summed E-state index contributed by atoms with van der Waals surface area (Å²) in [5.74, 6) is 0. The summed E-state index contributed by atoms with van der Waals surface area (Å²) in [6.07, 6.45) is 0. The van der Waals surface area contributed by atoms with E-state index < -0.39 is 16.6 Å². The topological polar surface area (TPSA) is 29.5 Å². The number of aliphatic hydroxyl groups excluding tert-OH is 1. The van der Waals surface area contributed by atoms with Crippen molar-refractivity contribution >= 4 is 27.0 Å². The van der Waals surface area contributed by atoms with E-state index in [1.54, 1.807) is 0 Å². The van der Waals surface area contributed by atoms with Gasteiger partial charge in [-0.1, -0.05) is 12.1 Å². The van der Waals surface area contributed by atoms with Crippen LogP contribution >= 0.6 is 0 Å². The number of hydrogen-bond donors (Lipinski definition) is 1. The zero-order valence-corrected chi connectivity index (χ0v) is 12.7. The number of benzene rings is 1. The Kier molecular flexibility index (Phi) is 2.66. The third-order valence-corrected chi connectivity index (χ3v) is 11.2. The Bertz CT molecular complexity index is 439. The van der Waals surface area contributed by atoms with Crippen LogP contribution in [0.4, 0.5) is 0 Å². The van der Waals surface area contributed by atoms with Crippen molar-refractivity contribution in [3.8, 4) is 0 Å². The Morgan fingerprint density at radius 1 is 1.06 bits per heavy atom. The highest BCUT2D eigenvalue weighted by molar-refractivity contribution is 7.05. The SMILES string of the molecule is Cc1cc2c(cc1CO)[Si](C)(C)O[Si]2(C)C. The number of rotatable bonds is 1. The molecule has 2 nitrogen and oxygen atoms in total. The Morgan fingerprint density at radius 3 is 2.06 bits per heavy atom. The van der Waals surface area contributed by atoms with Crippen molar-refractivity contribution in [2.24, 2.45) is 0 Å². The molecule has 0 radical (unpaired) electrons. The van der Waals surface area contributed by atoms with Crippen molar-refractivity contribution in [2.45, 2.75) is 39.7 Å². The van der Waals surface area contributed by atoms with E-state index in [1.807, 2.05) is 0 Å². The van der Waals surface area contributed by atoms with Crippen LogP contribution in [-0.4, -0.2) is 21.7 Å². The van der Waals surface area contributed by atoms with Crippen LogP contribution in [0, 0.1) is 6.92 Å². The van der Waals surface area contributed by atoms with E-state index in [2.05, 4.69) is 45.2 Å². The van der Waals surface area contributed by atoms with Gasteiger partial charge in [0, 0.05) is 0 Å². The Morgan fingerprint density at radius 2 is 1.56 bits per heavy atom. The molecular weight excluding hydrogens is 232 g/mol. The summed E-state index contributed by atoms with van der Waals surface area (Å²) in [7, 11) is -3.40. The molecular formula is C12H20O2Si2. The molecule has 1 N–H and O–H groups in total. The monoisotopic (exact) mass is 252 g/mol. The van der Waals surface area contributed by atoms with E-state index in [0.29, 0.717) is 0 Å². The number of aryl methyl sites for hydroxylation is 1. The molecule has 0 spiro atoms. The molecule has 0 saturated heterocycles. The van der Waals surface area contributed by atoms with Gasteiger partial charge in [-0.05, 0) is 54.6 Å². The van der Waals surface area contributed by atoms with Crippen molar-refractivity contribution < 1.29 is 9.22 Å². The maximum atomic E-state index is 9.34. The molecule has 1 aromatic carbocycles. The van der Waals surface area contributed by atoms with Crippen LogP contribution in [0.3, 0.4) is 0 Å². The van der Waals surface area contributed by atoms with Crippen LogP contribution in [0.1, 0.15) is 11.1 Å². The molecule has 1 heterocycles. The summed E-state index contributed by atoms with van der Waals surface area (Å²) >= 11 is 0. The molecule has 16 heavy (non-hydrogen) atoms. The highest BCUT2D eigenvalue weighted by atomic mass is 28.4. The first-order valence-electron chi connectivity index (χ1n) is 5.73. The molecule has 2 rings (SSSR count). The van der Waals surface area contributed by atoms with Crippen LogP contribution in [0.5, 0.6) is 0 Å². The van der Waals surface area contributed by atoms with Crippen molar-refractivity contribution in [1.29, 1.82) is 0 Å². The quantitative estimate of drug-likeness (QED) is 0.765. The highest BCUT2D eigenvalue weighted by Gasteiger charge is 2.46. The molecule has 1 aliphatic heterocycles. The fourth-order valence-electron chi connectivity index (χ4n) is 2.67. The molecule has 0 aliphatic carbocycles. The Balaban J connectivity index is 2.67. The lowest BCUT2D eigenvalue weighted by molar-refractivity contribution is 0.281. The first kappa shape index (κ1) is 12.0. The van der Waals surface area contributed by atoms with Gasteiger partial charge in [-0.15, -0.1) is 0 Å². The molecule has 0 saturated carbocycles. The molecule has 4 heteroatoms. The van der Waals surface area contributed by atoms with E-state index in [-0.39, 0.29) is 6.61 Å². The standard InChI is InChI=1S/C12H20O2Si2/c1-9-6-11-12(7-10(9)8-13)16(4,5)14-15(11,2)3/h6-7,13H,8H2,1-5H3. The predicted molar refractivity (Wildman–Crippen MR) is 72.4 cm³/mol. The zero-order chi connectivity index (χ0) is 12.1. The van der Waals surface area contributed by atoms with E-state index in [4.69, 9.17) is 4.12 Å². The molecule has 0 bridgehead atoms. The van der Waals surface area contributed by atoms with Gasteiger partial charge in [0.05, 0.1) is 6.61 Å². The zero-order valence-electron chi connectivity index (χ0n) is 10.7. The lowest BCUT2D eigenvalue weighted by Crippen LogP contribution is -2.44. The van der Waals surface area contributed by atoms with Crippen LogP contribution in [0.15, 0.2) is 12.1 Å². The summed E-state index contributed by atoms with van der Waals surface area (Å²) in [5.41, 5.74) is 2.24. The van der Waals surface area contributed by atoms with Gasteiger partial charge in [0.15, 0.2) is 0 Å². The van der Waals surface area contributed by atoms with Gasteiger partial charge in [-0.2, -0.15) is 0 Å². The lowest BCUT2D eigenvalue weighted by atomic mass is 10.1. The number of aliphatic hydroxyl groups is 1. The summed E-state index contributed by atoms with van der Waals surface area (Å²) in [6.45, 7) is 11.3. The third-order valence-electron chi connectivity index (χ3n) is 3.45. The van der Waals surface area contributed by atoms with Crippen LogP contribution in [0.25, 0.3) is 0 Å². The minimum atomic E-state index is -1.72. The minimum absolute atomic E-state index is 0.131. The van der Waals surface area contributed by atoms with Crippen molar-refractivity contribution in [3.63, 3.8) is 0 Å². The molecule has 1 aliphatic rings. The lowest BCUT2D eigenvalue weighted by Gasteiger charge is -2.22. The largest absolute Gasteiger partial charge is 0.449 e. The average molecular weight is 252 g/mol. The van der Waals surface area contributed by atoms with E-state index >= 15 is 0 Å². The van der Waals surface area contributed by atoms with E-state index in [1.165, 1.54) is 15.9 Å². The second-order valence-electron chi connectivity index (χ2n) is 5.61. The van der Waals surface area contributed by atoms with Crippen LogP contribution in [0.2, 0.25) is 26.2 Å². The molecule has 0 fully saturated rings. The summed E-state index contributed by atoms with van der Waals surface area (Å²) in [4.78, 5) is 0. The molecule has 0 amide bonds. The van der Waals surface area contributed by atoms with Gasteiger partial charge < -0.3 is 9.22 Å². The summed E-state index contributed by atoms with van der Waals surface area (Å²) < 4.78 is 6.36. The molecule has 0 unspecified atom stereocenters. The normalized spacial score (nSPS) is 20.9. The minimum Gasteiger partial charge on any atom is -0.449 e. The van der Waals surface area contributed by atoms with Gasteiger partial charge in [0.2, 0.25) is 16.6 Å². The maximum Gasteiger partial charge on any atom is 0.206 e. The first-order valence-corrected chi connectivity index (χ1v) is 11.5. The first-order chi connectivity index (χ1) is 7.28. The number of hydrogen-bond acceptors (Lipinski definition) is 2. The Labute approximate surface area is 99.5 Å². The smallest absolute Gasteiger partial charge is 0.206 e. The predicted octanol–water partition coefficient (Wildman–Crippen LogP) is 1.34. The molecule has 1 aromatic rings. The fourth-order valence-corrected chi connectivity index (χ4v) is 13.0. The van der Waals surface area contributed by atoms with Crippen LogP contribution < -0.4 is 10.4 Å². The van der Waals surface area contributed by atoms with Gasteiger partial charge in [0.1, 0.15) is 0 Å². The second kappa shape index (κ2) is 3.53. The van der Waals surface area contributed by atoms with Crippen molar-refractivity contribution in [3.05, 3.63) is 23.3 Å². The summed E-state index contributed by atoms with van der Waals surface area (Å²) in [6, 6.07) is 4.42. The molecule has 0 atom stereocenters. The number of fused-ring (bicyclic) bond motifs is 1. The third kappa shape index (κ3) is 1.70. The average Bonchev–Trinajstić information content (AvgIpc) is 2.31. The highest BCUT2D eigenvalue weighted by Crippen LogP contribution is 2.23. The van der Waals surface area contributed by atoms with E-state index in [9.17, 15) is 5.11 Å². The fraction of sp³-hybridized carbons (Fsp3) is 0.500. The second-order valence-corrected chi connectivity index (χ2v) is 13.5. The maximum absolute atomic E-state index is 9.34. The van der Waals surface area contributed by atoms with Crippen LogP contribution in [-0.2, 0) is 10.7 Å². The summed E-state index contributed by atoms with van der Waals surface area (Å²) in [5, 5.41) is 12.2. The van der Waals surface area contributed by atoms with Gasteiger partial charge in [-0.25, -0.2) is 0 Å². The molecule has 0 aromatic heterocycles. The molecule has 88 valence electrons. The van der Waals surface area contributed by atoms with Crippen molar-refractivity contribution in [1.82, 2.24) is 0 Å². The van der Waals surface area contributed by atoms with E-state index in [0.717, 1.165) is 5.56 Å². The van der Waals surface area contributed by atoms with Gasteiger partial charge in [0.25, 0.3) is 0 Å². The van der Waals surface area contributed by atoms with Gasteiger partial charge >= 0.3 is 0 Å².